The first-order valence-electron chi connectivity index (χ1n) is 37.8. The number of benzene rings is 3. The Morgan fingerprint density at radius 1 is 0.583 bits per heavy atom. The monoisotopic (exact) mass is 1500 g/mol. The third kappa shape index (κ3) is 168. The van der Waals surface area contributed by atoms with Gasteiger partial charge in [-0.2, -0.15) is 24.4 Å². The second kappa shape index (κ2) is 114. The highest BCUT2D eigenvalue weighted by molar-refractivity contribution is 7.98. The van der Waals surface area contributed by atoms with Crippen LogP contribution in [-0.4, -0.2) is 129 Å². The number of thioether (sulfide) groups is 1. The number of H-pyrrole nitrogens is 1. The number of aliphatic hydroxyl groups is 2. The summed E-state index contributed by atoms with van der Waals surface area (Å²) in [5.41, 5.74) is 36.0. The first-order valence-corrected chi connectivity index (χ1v) is 39.8. The number of hydrogen-bond acceptors (Lipinski definition) is 14. The van der Waals surface area contributed by atoms with Crippen LogP contribution >= 0.6 is 24.4 Å². The number of carboxylic acids is 2. The van der Waals surface area contributed by atoms with Gasteiger partial charge in [-0.3, -0.25) is 34.2 Å². The fraction of sp³-hybridized carbons (Fsp3) is 0.671. The zero-order valence-corrected chi connectivity index (χ0v) is 72.4. The fourth-order valence-corrected chi connectivity index (χ4v) is 5.22. The molecule has 0 atom stereocenters. The van der Waals surface area contributed by atoms with Crippen molar-refractivity contribution in [3.8, 4) is 5.75 Å². The molecule has 0 saturated heterocycles. The zero-order valence-electron chi connectivity index (χ0n) is 70.7. The van der Waals surface area contributed by atoms with E-state index in [9.17, 15) is 19.2 Å². The van der Waals surface area contributed by atoms with Crippen LogP contribution in [-0.2, 0) is 38.4 Å². The summed E-state index contributed by atoms with van der Waals surface area (Å²) in [5, 5.41) is 41.5. The molecule has 2 amide bonds. The van der Waals surface area contributed by atoms with Gasteiger partial charge in [0, 0.05) is 68.3 Å². The first-order chi connectivity index (χ1) is 48.5. The van der Waals surface area contributed by atoms with Gasteiger partial charge in [-0.15, -0.1) is 0 Å². The number of aliphatic imine (C=N–C) groups is 3. The van der Waals surface area contributed by atoms with Gasteiger partial charge in [-0.05, 0) is 162 Å². The van der Waals surface area contributed by atoms with Crippen LogP contribution in [0.4, 0.5) is 0 Å². The van der Waals surface area contributed by atoms with Gasteiger partial charge in [0.15, 0.2) is 5.96 Å². The minimum Gasteiger partial charge on any atom is -0.508 e. The molecule has 5 rings (SSSR count). The summed E-state index contributed by atoms with van der Waals surface area (Å²) >= 11 is 5.69. The number of thiol groups is 1. The number of carbonyl (C=O) groups excluding carboxylic acids is 2. The standard InChI is InChI=1S/C10H11N.C8H10O.C8H10.C5H13N3.C5H8N2.C5H13N.2C5H12.C4H9NO.C4H8O2.C4H10S.C4H10.C3H7NO.C3H6O2.C3H8O.C2H7N.C2H6O.C2H6S/c1-2-8-7-11-10-6-4-3-5-9(8)10;1-2-7-3-5-8(9)6-4-7;1-2-8-6-4-3-5-7-8;1-2-3-4-8-5(6)7;1-2-5-3-6-4-7-5;1-2-3-4-5-6;2*1-4-5(2)3;2*1-2-3-4(5)6;1-3-4-5-2;1-4(2)3;2*1-2-3(4)5;1-3(2)4;3*1-2-3/h3-7,11H,2H2,1H3;3-6,9H,2H2,1H3;3-7H,2H2,1H3;2-4H2,1H3,(H4,6,7,8);3H,2,4H2,1H3;2-6H2,1H3;2*5H,4H2,1-3H3;2-3H2,1H3,(H2,5,6);2-3H2,1H3,(H,5,6);3-4H2,1-2H3;4H,1-3H3;2H2,1H3,(H2,4,5);2H2,1H3,(H,4,5);3-4H,1-2H3;2-3H2,1H3;2*3H,2H2,1H3. The number of primary amides is 2. The number of hydrogen-bond donors (Lipinski definition) is 13. The van der Waals surface area contributed by atoms with Gasteiger partial charge in [-0.25, -0.2) is 0 Å². The number of aryl methyl sites for hydroxylation is 3. The lowest BCUT2D eigenvalue weighted by molar-refractivity contribution is -0.137. The summed E-state index contributed by atoms with van der Waals surface area (Å²) in [5.74, 6) is 3.47. The average molecular weight is 1500 g/mol. The fourth-order valence-electron chi connectivity index (χ4n) is 4.82. The van der Waals surface area contributed by atoms with Crippen molar-refractivity contribution in [1.82, 2.24) is 4.98 Å². The number of amides is 2. The highest BCUT2D eigenvalue weighted by Crippen LogP contribution is 2.17. The third-order valence-corrected chi connectivity index (χ3v) is 11.7. The second-order valence-electron chi connectivity index (χ2n) is 23.6. The molecular formula is C82H166N10O9S2. The Kier molecular flexibility index (Phi) is 141. The number of nitrogens with zero attached hydrogens (tertiary/aromatic N) is 3. The van der Waals surface area contributed by atoms with Gasteiger partial charge >= 0.3 is 11.9 Å². The lowest BCUT2D eigenvalue weighted by atomic mass is 10.1. The maximum atomic E-state index is 9.82. The largest absolute Gasteiger partial charge is 0.508 e. The Morgan fingerprint density at radius 2 is 0.981 bits per heavy atom. The molecule has 19 nitrogen and oxygen atoms in total. The van der Waals surface area contributed by atoms with E-state index < -0.39 is 11.9 Å². The van der Waals surface area contributed by atoms with Gasteiger partial charge in [0.05, 0.1) is 5.71 Å². The number of aromatic nitrogens is 1. The molecule has 0 spiro atoms. The van der Waals surface area contributed by atoms with Gasteiger partial charge in [-0.1, -0.05) is 245 Å². The number of carboxylic acid groups (broad SMARTS) is 2. The van der Waals surface area contributed by atoms with E-state index in [-0.39, 0.29) is 36.9 Å². The summed E-state index contributed by atoms with van der Waals surface area (Å²) in [4.78, 5) is 53.4. The number of aliphatic carboxylic acids is 2. The van der Waals surface area contributed by atoms with Crippen molar-refractivity contribution in [1.29, 1.82) is 0 Å². The van der Waals surface area contributed by atoms with Crippen LogP contribution in [0.2, 0.25) is 0 Å². The molecular weight excluding hydrogens is 1330 g/mol. The van der Waals surface area contributed by atoms with Crippen LogP contribution in [0.25, 0.3) is 10.9 Å². The minimum atomic E-state index is -0.745. The van der Waals surface area contributed by atoms with Crippen LogP contribution in [0.3, 0.4) is 0 Å². The van der Waals surface area contributed by atoms with Crippen LogP contribution in [0, 0.1) is 17.8 Å². The molecule has 3 aromatic carbocycles. The number of guanidine groups is 1. The van der Waals surface area contributed by atoms with E-state index >= 15 is 0 Å². The van der Waals surface area contributed by atoms with Crippen LogP contribution in [0.15, 0.2) is 100 Å². The molecule has 21 heteroatoms. The van der Waals surface area contributed by atoms with Gasteiger partial charge in [0.1, 0.15) is 12.4 Å². The van der Waals surface area contributed by atoms with Crippen LogP contribution in [0.1, 0.15) is 286 Å². The number of nitrogens with one attached hydrogen (secondary N) is 1. The predicted octanol–water partition coefficient (Wildman–Crippen LogP) is 19.3. The highest BCUT2D eigenvalue weighted by Gasteiger charge is 1.98. The maximum Gasteiger partial charge on any atom is 0.303 e. The number of phenolic OH excluding ortho intramolecular Hbond substituents is 1. The Morgan fingerprint density at radius 3 is 1.19 bits per heavy atom. The third-order valence-electron chi connectivity index (χ3n) is 10.9. The molecule has 1 aromatic heterocycles. The average Bonchev–Trinajstić information content (AvgIpc) is 1.71. The Bertz CT molecular complexity index is 2240. The highest BCUT2D eigenvalue weighted by atomic mass is 32.2. The molecule has 1 aliphatic rings. The Labute approximate surface area is 643 Å². The number of para-hydroxylation sites is 1. The number of nitrogens with two attached hydrogens (primary N) is 6. The summed E-state index contributed by atoms with van der Waals surface area (Å²) in [6.07, 6.45) is 23.1. The molecule has 2 heterocycles. The second-order valence-corrected chi connectivity index (χ2v) is 25.2. The van der Waals surface area contributed by atoms with Crippen molar-refractivity contribution < 1.29 is 44.7 Å². The lowest BCUT2D eigenvalue weighted by Crippen LogP contribution is -2.22. The maximum absolute atomic E-state index is 9.82. The summed E-state index contributed by atoms with van der Waals surface area (Å²) in [7, 11) is 0. The summed E-state index contributed by atoms with van der Waals surface area (Å²) in [6.45, 7) is 54.1. The molecule has 18 N–H and O–H groups in total. The van der Waals surface area contributed by atoms with Gasteiger partial charge in [0.25, 0.3) is 0 Å². The number of aromatic amines is 1. The molecule has 1 aliphatic heterocycles. The molecule has 0 bridgehead atoms. The first kappa shape index (κ1) is 127. The Balaban J connectivity index is -0.0000000766. The lowest BCUT2D eigenvalue weighted by Gasteiger charge is -1.93. The van der Waals surface area contributed by atoms with Crippen molar-refractivity contribution >= 4 is 76.9 Å². The molecule has 0 unspecified atom stereocenters. The van der Waals surface area contributed by atoms with E-state index in [0.29, 0.717) is 31.7 Å². The zero-order chi connectivity index (χ0) is 83.1. The molecule has 0 fully saturated rings. The predicted molar refractivity (Wildman–Crippen MR) is 464 cm³/mol. The van der Waals surface area contributed by atoms with Crippen molar-refractivity contribution in [3.05, 3.63) is 102 Å². The number of aromatic hydroxyl groups is 1. The summed E-state index contributed by atoms with van der Waals surface area (Å²) in [6, 6.07) is 26.1. The number of fused-ring (bicyclic) bond motifs is 1. The number of unbranched alkanes of at least 4 members (excludes halogenated alkanes) is 3. The van der Waals surface area contributed by atoms with Crippen molar-refractivity contribution in [3.63, 3.8) is 0 Å². The van der Waals surface area contributed by atoms with E-state index in [1.54, 1.807) is 46.8 Å². The molecule has 0 saturated carbocycles. The SMILES string of the molecule is CC(C)C.CC(C)O.CCC(=O)O.CCC(C)C.CCC(C)C.CCC(N)=O.CCC1=NCN=C1.CCCC(=O)O.CCCC(N)=O.CCCCCN.CCCCN=C(N)N.CCCSC.CCN.CCO.CCS.CCc1c[nH]c2ccccc12.CCc1ccc(O)cc1.CCc1ccccc1. The van der Waals surface area contributed by atoms with Gasteiger partial charge < -0.3 is 64.9 Å². The molecule has 610 valence electrons. The quantitative estimate of drug-likeness (QED) is 0.0169. The van der Waals surface area contributed by atoms with E-state index in [1.807, 2.05) is 63.9 Å². The van der Waals surface area contributed by atoms with Gasteiger partial charge in [0.2, 0.25) is 11.8 Å². The van der Waals surface area contributed by atoms with E-state index in [2.05, 4.69) is 210 Å². The summed E-state index contributed by atoms with van der Waals surface area (Å²) < 4.78 is 0. The minimum absolute atomic E-state index is 0.167. The Hall–Kier alpha value is -5.97. The van der Waals surface area contributed by atoms with Crippen molar-refractivity contribution in [2.75, 3.05) is 50.7 Å². The van der Waals surface area contributed by atoms with Crippen LogP contribution in [0.5, 0.6) is 5.75 Å². The number of rotatable bonds is 20. The molecule has 0 radical (unpaired) electrons. The topological polar surface area (TPSA) is 378 Å². The van der Waals surface area contributed by atoms with Crippen molar-refractivity contribution in [2.24, 2.45) is 67.1 Å². The normalized spacial score (nSPS) is 9.29. The molecule has 4 aromatic rings. The molecule has 103 heavy (non-hydrogen) atoms. The van der Waals surface area contributed by atoms with E-state index in [0.717, 1.165) is 100 Å². The van der Waals surface area contributed by atoms with E-state index in [1.165, 1.54) is 71.9 Å². The number of carbonyl (C=O) groups is 4. The van der Waals surface area contributed by atoms with E-state index in [4.69, 9.17) is 54.2 Å². The number of phenols is 1. The molecule has 0 aliphatic carbocycles. The smallest absolute Gasteiger partial charge is 0.303 e. The van der Waals surface area contributed by atoms with Crippen LogP contribution < -0.4 is 34.4 Å². The number of aliphatic hydroxyl groups excluding tert-OH is 2. The van der Waals surface area contributed by atoms with Crippen molar-refractivity contribution in [2.45, 2.75) is 295 Å².